The number of sulfonamides is 1. The van der Waals surface area contributed by atoms with Crippen molar-refractivity contribution in [3.63, 3.8) is 0 Å². The second-order valence-corrected chi connectivity index (χ2v) is 10.7. The normalized spacial score (nSPS) is 13.4. The van der Waals surface area contributed by atoms with E-state index in [-0.39, 0.29) is 15.7 Å². The fourth-order valence-electron chi connectivity index (χ4n) is 2.53. The summed E-state index contributed by atoms with van der Waals surface area (Å²) in [6.45, 7) is -0.504. The molecular formula is C17H16FNO6S3. The van der Waals surface area contributed by atoms with Crippen LogP contribution < -0.4 is 9.46 Å². The van der Waals surface area contributed by atoms with Crippen molar-refractivity contribution in [2.45, 2.75) is 14.4 Å². The zero-order chi connectivity index (χ0) is 20.4. The Morgan fingerprint density at radius 3 is 2.57 bits per heavy atom. The van der Waals surface area contributed by atoms with E-state index in [4.69, 9.17) is 9.15 Å². The van der Waals surface area contributed by atoms with Crippen LogP contribution in [0.3, 0.4) is 0 Å². The molecule has 1 unspecified atom stereocenters. The molecule has 1 atom stereocenters. The standard InChI is InChI=1S/C17H16FNO6S3/c1-24-13-7-6-12(18)10-15(13)28(22,23)19-11-16(14-4-2-8-25-14)27(20,21)17-5-3-9-26-17/h2-10,16,19H,11H2,1H3. The van der Waals surface area contributed by atoms with Crippen molar-refractivity contribution in [1.82, 2.24) is 4.72 Å². The fraction of sp³-hybridized carbons (Fsp3) is 0.176. The van der Waals surface area contributed by atoms with Gasteiger partial charge in [0.05, 0.1) is 13.4 Å². The molecule has 1 aromatic carbocycles. The molecule has 28 heavy (non-hydrogen) atoms. The molecule has 0 saturated carbocycles. The molecule has 0 aliphatic rings. The quantitative estimate of drug-likeness (QED) is 0.572. The van der Waals surface area contributed by atoms with Crippen molar-refractivity contribution in [1.29, 1.82) is 0 Å². The number of thiophene rings is 1. The molecule has 3 aromatic rings. The van der Waals surface area contributed by atoms with Gasteiger partial charge in [-0.25, -0.2) is 25.9 Å². The van der Waals surface area contributed by atoms with Gasteiger partial charge in [0, 0.05) is 6.54 Å². The third kappa shape index (κ3) is 4.12. The highest BCUT2D eigenvalue weighted by Gasteiger charge is 2.34. The molecule has 0 amide bonds. The summed E-state index contributed by atoms with van der Waals surface area (Å²) >= 11 is 1.02. The first-order valence-corrected chi connectivity index (χ1v) is 11.8. The Labute approximate surface area is 165 Å². The Balaban J connectivity index is 1.94. The molecule has 0 saturated heterocycles. The number of furan rings is 1. The van der Waals surface area contributed by atoms with Crippen LogP contribution >= 0.6 is 11.3 Å². The second kappa shape index (κ2) is 8.03. The number of ether oxygens (including phenoxy) is 1. The molecule has 1 N–H and O–H groups in total. The van der Waals surface area contributed by atoms with E-state index in [0.717, 1.165) is 23.5 Å². The van der Waals surface area contributed by atoms with Crippen LogP contribution in [0.2, 0.25) is 0 Å². The van der Waals surface area contributed by atoms with E-state index in [9.17, 15) is 21.2 Å². The number of nitrogens with one attached hydrogen (secondary N) is 1. The average Bonchev–Trinajstić information content (AvgIpc) is 3.36. The topological polar surface area (TPSA) is 103 Å². The lowest BCUT2D eigenvalue weighted by Gasteiger charge is -2.16. The molecule has 3 rings (SSSR count). The van der Waals surface area contributed by atoms with E-state index < -0.39 is 42.4 Å². The number of rotatable bonds is 8. The summed E-state index contributed by atoms with van der Waals surface area (Å²) in [7, 11) is -6.93. The molecule has 7 nitrogen and oxygen atoms in total. The molecule has 0 spiro atoms. The lowest BCUT2D eigenvalue weighted by Crippen LogP contribution is -2.32. The SMILES string of the molecule is COc1ccc(F)cc1S(=O)(=O)NCC(c1ccco1)S(=O)(=O)c1cccs1. The molecule has 150 valence electrons. The molecule has 0 fully saturated rings. The van der Waals surface area contributed by atoms with E-state index in [1.807, 2.05) is 0 Å². The Morgan fingerprint density at radius 1 is 1.18 bits per heavy atom. The van der Waals surface area contributed by atoms with Gasteiger partial charge < -0.3 is 9.15 Å². The van der Waals surface area contributed by atoms with Crippen LogP contribution in [0.1, 0.15) is 11.0 Å². The van der Waals surface area contributed by atoms with Gasteiger partial charge in [0.15, 0.2) is 9.84 Å². The third-order valence-electron chi connectivity index (χ3n) is 3.88. The number of halogens is 1. The molecule has 2 aromatic heterocycles. The van der Waals surface area contributed by atoms with Crippen LogP contribution in [0, 0.1) is 5.82 Å². The van der Waals surface area contributed by atoms with Crippen molar-refractivity contribution in [3.05, 3.63) is 65.7 Å². The number of hydrogen-bond acceptors (Lipinski definition) is 7. The van der Waals surface area contributed by atoms with Crippen molar-refractivity contribution in [2.75, 3.05) is 13.7 Å². The van der Waals surface area contributed by atoms with Crippen molar-refractivity contribution in [2.24, 2.45) is 0 Å². The third-order valence-corrected chi connectivity index (χ3v) is 8.82. The van der Waals surface area contributed by atoms with Gasteiger partial charge in [0.2, 0.25) is 10.0 Å². The van der Waals surface area contributed by atoms with E-state index in [1.165, 1.54) is 37.6 Å². The highest BCUT2D eigenvalue weighted by Crippen LogP contribution is 2.32. The minimum atomic E-state index is -4.26. The van der Waals surface area contributed by atoms with Gasteiger partial charge in [0.1, 0.15) is 31.7 Å². The Morgan fingerprint density at radius 2 is 1.96 bits per heavy atom. The number of benzene rings is 1. The van der Waals surface area contributed by atoms with Crippen molar-refractivity contribution >= 4 is 31.2 Å². The second-order valence-electron chi connectivity index (χ2n) is 5.63. The van der Waals surface area contributed by atoms with Gasteiger partial charge in [-0.15, -0.1) is 11.3 Å². The molecule has 2 heterocycles. The largest absolute Gasteiger partial charge is 0.495 e. The summed E-state index contributed by atoms with van der Waals surface area (Å²) in [4.78, 5) is -0.429. The maximum atomic E-state index is 13.6. The highest BCUT2D eigenvalue weighted by atomic mass is 32.2. The molecule has 0 aliphatic carbocycles. The van der Waals surface area contributed by atoms with Crippen LogP contribution in [0.4, 0.5) is 4.39 Å². The predicted octanol–water partition coefficient (Wildman–Crippen LogP) is 2.98. The highest BCUT2D eigenvalue weighted by molar-refractivity contribution is 7.93. The summed E-state index contributed by atoms with van der Waals surface area (Å²) in [5.41, 5.74) is 0. The van der Waals surface area contributed by atoms with Gasteiger partial charge in [-0.05, 0) is 41.8 Å². The zero-order valence-electron chi connectivity index (χ0n) is 14.5. The summed E-state index contributed by atoms with van der Waals surface area (Å²) in [6.07, 6.45) is 1.30. The van der Waals surface area contributed by atoms with Gasteiger partial charge in [0.25, 0.3) is 0 Å². The lowest BCUT2D eigenvalue weighted by molar-refractivity contribution is 0.400. The Bertz CT molecular complexity index is 1140. The molecule has 0 radical (unpaired) electrons. The van der Waals surface area contributed by atoms with Crippen LogP contribution in [0.5, 0.6) is 5.75 Å². The van der Waals surface area contributed by atoms with E-state index in [1.54, 1.807) is 11.4 Å². The van der Waals surface area contributed by atoms with Crippen LogP contribution in [0.15, 0.2) is 67.6 Å². The number of hydrogen-bond donors (Lipinski definition) is 1. The molecule has 0 bridgehead atoms. The smallest absolute Gasteiger partial charge is 0.244 e. The summed E-state index contributed by atoms with van der Waals surface area (Å²) in [6, 6.07) is 9.01. The minimum Gasteiger partial charge on any atom is -0.495 e. The Kier molecular flexibility index (Phi) is 5.89. The van der Waals surface area contributed by atoms with Gasteiger partial charge >= 0.3 is 0 Å². The lowest BCUT2D eigenvalue weighted by atomic mass is 10.3. The van der Waals surface area contributed by atoms with Gasteiger partial charge in [-0.1, -0.05) is 6.07 Å². The van der Waals surface area contributed by atoms with E-state index in [0.29, 0.717) is 0 Å². The first-order valence-electron chi connectivity index (χ1n) is 7.89. The molecule has 11 heteroatoms. The van der Waals surface area contributed by atoms with Crippen LogP contribution in [-0.4, -0.2) is 30.5 Å². The van der Waals surface area contributed by atoms with Crippen LogP contribution in [-0.2, 0) is 19.9 Å². The summed E-state index contributed by atoms with van der Waals surface area (Å²) in [5, 5.41) is 0.309. The monoisotopic (exact) mass is 445 g/mol. The van der Waals surface area contributed by atoms with Gasteiger partial charge in [-0.2, -0.15) is 0 Å². The first-order chi connectivity index (χ1) is 13.3. The van der Waals surface area contributed by atoms with Crippen molar-refractivity contribution in [3.8, 4) is 5.75 Å². The molecule has 0 aliphatic heterocycles. The zero-order valence-corrected chi connectivity index (χ0v) is 17.0. The average molecular weight is 446 g/mol. The maximum absolute atomic E-state index is 13.6. The van der Waals surface area contributed by atoms with E-state index in [2.05, 4.69) is 4.72 Å². The predicted molar refractivity (Wildman–Crippen MR) is 101 cm³/mol. The van der Waals surface area contributed by atoms with Crippen molar-refractivity contribution < 1.29 is 30.4 Å². The Hall–Kier alpha value is -2.21. The minimum absolute atomic E-state index is 0.0652. The van der Waals surface area contributed by atoms with Gasteiger partial charge in [-0.3, -0.25) is 0 Å². The number of sulfone groups is 1. The van der Waals surface area contributed by atoms with Crippen LogP contribution in [0.25, 0.3) is 0 Å². The first kappa shape index (κ1) is 20.5. The van der Waals surface area contributed by atoms with E-state index >= 15 is 0 Å². The number of methoxy groups -OCH3 is 1. The molecular weight excluding hydrogens is 429 g/mol. The summed E-state index contributed by atoms with van der Waals surface area (Å²) in [5.74, 6) is -0.748. The maximum Gasteiger partial charge on any atom is 0.244 e. The summed E-state index contributed by atoms with van der Waals surface area (Å²) < 4.78 is 77.3. The fourth-order valence-corrected chi connectivity index (χ4v) is 6.65.